The van der Waals surface area contributed by atoms with Gasteiger partial charge in [0.2, 0.25) is 0 Å². The Morgan fingerprint density at radius 1 is 1.17 bits per heavy atom. The van der Waals surface area contributed by atoms with E-state index in [0.29, 0.717) is 5.56 Å². The Labute approximate surface area is 179 Å². The molecule has 3 rings (SSSR count). The summed E-state index contributed by atoms with van der Waals surface area (Å²) >= 11 is 0. The smallest absolute Gasteiger partial charge is 0.251 e. The van der Waals surface area contributed by atoms with Gasteiger partial charge in [-0.2, -0.15) is 0 Å². The van der Waals surface area contributed by atoms with Crippen LogP contribution in [0.25, 0.3) is 11.1 Å². The Morgan fingerprint density at radius 2 is 1.87 bits per heavy atom. The average Bonchev–Trinajstić information content (AvgIpc) is 3.30. The van der Waals surface area contributed by atoms with Gasteiger partial charge in [-0.25, -0.2) is 4.98 Å². The molecule has 0 saturated carbocycles. The molecular formula is C25H34N4O. The van der Waals surface area contributed by atoms with Crippen molar-refractivity contribution in [2.24, 2.45) is 5.73 Å². The van der Waals surface area contributed by atoms with Crippen LogP contribution in [0, 0.1) is 6.92 Å². The fraction of sp³-hybridized carbons (Fsp3) is 0.440. The second-order valence-electron chi connectivity index (χ2n) is 9.06. The average molecular weight is 407 g/mol. The van der Waals surface area contributed by atoms with Crippen molar-refractivity contribution in [2.75, 3.05) is 0 Å². The lowest BCUT2D eigenvalue weighted by atomic mass is 9.86. The summed E-state index contributed by atoms with van der Waals surface area (Å²) in [6.45, 7) is 11.6. The third-order valence-corrected chi connectivity index (χ3v) is 5.84. The lowest BCUT2D eigenvalue weighted by molar-refractivity contribution is 0.1000. The van der Waals surface area contributed by atoms with Gasteiger partial charge >= 0.3 is 0 Å². The molecule has 3 N–H and O–H groups in total. The van der Waals surface area contributed by atoms with Crippen molar-refractivity contribution in [3.05, 3.63) is 65.0 Å². The molecule has 5 nitrogen and oxygen atoms in total. The number of aromatic nitrogens is 3. The maximum absolute atomic E-state index is 12.5. The van der Waals surface area contributed by atoms with Crippen LogP contribution in [0.15, 0.2) is 36.8 Å². The number of nitrogens with two attached hydrogens (primary N) is 1. The van der Waals surface area contributed by atoms with Gasteiger partial charge in [-0.15, -0.1) is 0 Å². The van der Waals surface area contributed by atoms with Gasteiger partial charge in [0.25, 0.3) is 5.91 Å². The minimum absolute atomic E-state index is 0.0853. The van der Waals surface area contributed by atoms with Crippen molar-refractivity contribution in [2.45, 2.75) is 72.3 Å². The number of imidazole rings is 1. The highest BCUT2D eigenvalue weighted by atomic mass is 16.1. The summed E-state index contributed by atoms with van der Waals surface area (Å²) < 4.78 is 2.28. The monoisotopic (exact) mass is 406 g/mol. The number of hydrogen-bond donors (Lipinski definition) is 2. The third kappa shape index (κ3) is 4.50. The molecule has 2 heterocycles. The number of hydrogen-bond acceptors (Lipinski definition) is 2. The zero-order chi connectivity index (χ0) is 21.9. The normalized spacial score (nSPS) is 11.8. The molecule has 0 aliphatic heterocycles. The van der Waals surface area contributed by atoms with E-state index < -0.39 is 0 Å². The molecule has 0 fully saturated rings. The van der Waals surface area contributed by atoms with E-state index in [4.69, 9.17) is 5.73 Å². The molecule has 0 atom stereocenters. The van der Waals surface area contributed by atoms with Gasteiger partial charge in [-0.05, 0) is 36.3 Å². The summed E-state index contributed by atoms with van der Waals surface area (Å²) in [6.07, 6.45) is 7.47. The first kappa shape index (κ1) is 21.9. The topological polar surface area (TPSA) is 76.7 Å². The van der Waals surface area contributed by atoms with E-state index in [1.165, 1.54) is 11.3 Å². The quantitative estimate of drug-likeness (QED) is 0.541. The summed E-state index contributed by atoms with van der Waals surface area (Å²) in [6, 6.07) is 8.61. The molecule has 0 spiro atoms. The van der Waals surface area contributed by atoms with Crippen LogP contribution in [-0.2, 0) is 24.8 Å². The Kier molecular flexibility index (Phi) is 6.49. The Bertz CT molecular complexity index is 989. The van der Waals surface area contributed by atoms with Gasteiger partial charge in [-0.3, -0.25) is 4.79 Å². The molecule has 0 aliphatic carbocycles. The Balaban J connectivity index is 2.11. The number of amides is 1. The fourth-order valence-corrected chi connectivity index (χ4v) is 4.11. The minimum atomic E-state index is -0.361. The van der Waals surface area contributed by atoms with Gasteiger partial charge in [0.1, 0.15) is 0 Å². The molecule has 3 aromatic rings. The van der Waals surface area contributed by atoms with Crippen molar-refractivity contribution < 1.29 is 4.79 Å². The molecule has 160 valence electrons. The first-order chi connectivity index (χ1) is 14.2. The highest BCUT2D eigenvalue weighted by Gasteiger charge is 2.25. The van der Waals surface area contributed by atoms with Crippen molar-refractivity contribution in [1.29, 1.82) is 0 Å². The molecular weight excluding hydrogens is 372 g/mol. The zero-order valence-corrected chi connectivity index (χ0v) is 18.9. The molecule has 0 saturated heterocycles. The number of primary amides is 1. The lowest BCUT2D eigenvalue weighted by Crippen LogP contribution is -2.14. The molecule has 0 aliphatic rings. The van der Waals surface area contributed by atoms with Crippen LogP contribution < -0.4 is 5.73 Å². The van der Waals surface area contributed by atoms with Gasteiger partial charge in [0.05, 0.1) is 11.9 Å². The molecule has 5 heteroatoms. The van der Waals surface area contributed by atoms with Crippen LogP contribution in [-0.4, -0.2) is 20.4 Å². The summed E-state index contributed by atoms with van der Waals surface area (Å²) in [5.74, 6) is -0.361. The Morgan fingerprint density at radius 3 is 2.40 bits per heavy atom. The van der Waals surface area contributed by atoms with Gasteiger partial charge in [0, 0.05) is 41.8 Å². The standard InChI is InChI=1S/C25H34N4O/c1-6-7-8-21-23(18-9-11-19(12-10-18)25(3,4)5)22(24(26)30)17(2)29(21)14-13-20-15-27-16-28-20/h9-12,15-16H,6-8,13-14H2,1-5H3,(H2,26,30)(H,27,28). The predicted molar refractivity (Wildman–Crippen MR) is 123 cm³/mol. The largest absolute Gasteiger partial charge is 0.366 e. The van der Waals surface area contributed by atoms with Crippen molar-refractivity contribution in [1.82, 2.24) is 14.5 Å². The summed E-state index contributed by atoms with van der Waals surface area (Å²) in [5, 5.41) is 0. The highest BCUT2D eigenvalue weighted by molar-refractivity contribution is 6.02. The first-order valence-corrected chi connectivity index (χ1v) is 10.8. The van der Waals surface area contributed by atoms with E-state index in [1.54, 1.807) is 6.33 Å². The molecule has 0 unspecified atom stereocenters. The number of unbranched alkanes of at least 4 members (excludes halogenated alkanes) is 1. The van der Waals surface area contributed by atoms with Gasteiger partial charge in [-0.1, -0.05) is 58.4 Å². The zero-order valence-electron chi connectivity index (χ0n) is 18.9. The van der Waals surface area contributed by atoms with E-state index in [1.807, 2.05) is 13.1 Å². The van der Waals surface area contributed by atoms with E-state index in [-0.39, 0.29) is 11.3 Å². The molecule has 1 amide bonds. The van der Waals surface area contributed by atoms with Crippen LogP contribution in [0.3, 0.4) is 0 Å². The number of aromatic amines is 1. The van der Waals surface area contributed by atoms with Crippen molar-refractivity contribution >= 4 is 5.91 Å². The number of H-pyrrole nitrogens is 1. The fourth-order valence-electron chi connectivity index (χ4n) is 4.11. The maximum atomic E-state index is 12.5. The number of nitrogens with zero attached hydrogens (tertiary/aromatic N) is 2. The highest BCUT2D eigenvalue weighted by Crippen LogP contribution is 2.35. The number of carbonyl (C=O) groups excluding carboxylic acids is 1. The second kappa shape index (κ2) is 8.90. The number of benzene rings is 1. The van der Waals surface area contributed by atoms with Crippen LogP contribution in [0.5, 0.6) is 0 Å². The molecule has 0 bridgehead atoms. The molecule has 0 radical (unpaired) electrons. The first-order valence-electron chi connectivity index (χ1n) is 10.8. The van der Waals surface area contributed by atoms with E-state index in [9.17, 15) is 4.79 Å². The summed E-state index contributed by atoms with van der Waals surface area (Å²) in [7, 11) is 0. The third-order valence-electron chi connectivity index (χ3n) is 5.84. The Hall–Kier alpha value is -2.82. The SMILES string of the molecule is CCCCc1c(-c2ccc(C(C)(C)C)cc2)c(C(N)=O)c(C)n1CCc1cnc[nH]1. The van der Waals surface area contributed by atoms with Crippen LogP contribution >= 0.6 is 0 Å². The number of aryl methyl sites for hydroxylation is 1. The van der Waals surface area contributed by atoms with Gasteiger partial charge in [0.15, 0.2) is 0 Å². The maximum Gasteiger partial charge on any atom is 0.251 e. The van der Waals surface area contributed by atoms with Crippen LogP contribution in [0.4, 0.5) is 0 Å². The van der Waals surface area contributed by atoms with E-state index in [0.717, 1.165) is 54.7 Å². The van der Waals surface area contributed by atoms with Crippen molar-refractivity contribution in [3.8, 4) is 11.1 Å². The molecule has 30 heavy (non-hydrogen) atoms. The number of nitrogens with one attached hydrogen (secondary N) is 1. The predicted octanol–water partition coefficient (Wildman–Crippen LogP) is 5.17. The van der Waals surface area contributed by atoms with Gasteiger partial charge < -0.3 is 15.3 Å². The van der Waals surface area contributed by atoms with E-state index in [2.05, 4.69) is 66.5 Å². The molecule has 1 aromatic carbocycles. The van der Waals surface area contributed by atoms with Crippen LogP contribution in [0.1, 0.15) is 73.5 Å². The summed E-state index contributed by atoms with van der Waals surface area (Å²) in [4.78, 5) is 19.8. The van der Waals surface area contributed by atoms with E-state index >= 15 is 0 Å². The lowest BCUT2D eigenvalue weighted by Gasteiger charge is -2.19. The van der Waals surface area contributed by atoms with Crippen LogP contribution in [0.2, 0.25) is 0 Å². The minimum Gasteiger partial charge on any atom is -0.366 e. The number of rotatable bonds is 8. The number of carbonyl (C=O) groups is 1. The summed E-state index contributed by atoms with van der Waals surface area (Å²) in [5.41, 5.74) is 13.2. The van der Waals surface area contributed by atoms with Crippen molar-refractivity contribution in [3.63, 3.8) is 0 Å². The molecule has 2 aromatic heterocycles. The second-order valence-corrected chi connectivity index (χ2v) is 9.06.